The third kappa shape index (κ3) is 6.64. The summed E-state index contributed by atoms with van der Waals surface area (Å²) in [6.45, 7) is 6.74. The predicted octanol–water partition coefficient (Wildman–Crippen LogP) is 5.60. The first-order valence-electron chi connectivity index (χ1n) is 14.3. The van der Waals surface area contributed by atoms with Crippen molar-refractivity contribution in [2.24, 2.45) is 22.7 Å². The molecule has 1 aromatic rings. The lowest BCUT2D eigenvalue weighted by Crippen LogP contribution is -2.52. The van der Waals surface area contributed by atoms with Crippen molar-refractivity contribution in [3.05, 3.63) is 22.7 Å². The second-order valence-corrected chi connectivity index (χ2v) is 13.0. The molecule has 0 bridgehead atoms. The zero-order valence-electron chi connectivity index (χ0n) is 23.6. The van der Waals surface area contributed by atoms with Gasteiger partial charge < -0.3 is 25.2 Å². The smallest absolute Gasteiger partial charge is 0.309 e. The van der Waals surface area contributed by atoms with E-state index in [1.807, 2.05) is 0 Å². The molecule has 3 atom stereocenters. The molecular weight excluding hydrogens is 520 g/mol. The molecule has 0 radical (unpaired) electrons. The van der Waals surface area contributed by atoms with Crippen LogP contribution in [0, 0.1) is 22.7 Å². The van der Waals surface area contributed by atoms with E-state index < -0.39 is 11.4 Å². The Bertz CT molecular complexity index is 1080. The molecule has 4 rings (SSSR count). The maximum absolute atomic E-state index is 13.6. The van der Waals surface area contributed by atoms with Crippen molar-refractivity contribution in [1.29, 1.82) is 0 Å². The van der Waals surface area contributed by atoms with E-state index in [1.54, 1.807) is 19.1 Å². The molecule has 8 nitrogen and oxygen atoms in total. The number of carboxylic acid groups (broad SMARTS) is 1. The van der Waals surface area contributed by atoms with Gasteiger partial charge in [-0.1, -0.05) is 38.3 Å². The SMILES string of the molecule is COc1cc(Cl)c(OC2CCC(C)(C(=O)O)CC2)cc1C(=O)N[C@@H]1CCC[C@@H](C)[C@@H]1C(=O)NCC1(C)CCC1. The van der Waals surface area contributed by atoms with Crippen LogP contribution in [0.15, 0.2) is 12.1 Å². The Labute approximate surface area is 236 Å². The van der Waals surface area contributed by atoms with E-state index in [0.29, 0.717) is 54.3 Å². The highest BCUT2D eigenvalue weighted by Crippen LogP contribution is 2.41. The van der Waals surface area contributed by atoms with Crippen molar-refractivity contribution in [3.63, 3.8) is 0 Å². The molecule has 0 spiro atoms. The van der Waals surface area contributed by atoms with Crippen molar-refractivity contribution in [1.82, 2.24) is 10.6 Å². The van der Waals surface area contributed by atoms with Gasteiger partial charge in [-0.3, -0.25) is 14.4 Å². The fourth-order valence-corrected chi connectivity index (χ4v) is 6.55. The fourth-order valence-electron chi connectivity index (χ4n) is 6.35. The van der Waals surface area contributed by atoms with Gasteiger partial charge in [0.1, 0.15) is 11.5 Å². The van der Waals surface area contributed by atoms with E-state index in [1.165, 1.54) is 13.5 Å². The van der Waals surface area contributed by atoms with Gasteiger partial charge in [0.15, 0.2) is 0 Å². The molecule has 1 aromatic carbocycles. The molecule has 0 aromatic heterocycles. The van der Waals surface area contributed by atoms with Gasteiger partial charge in [-0.2, -0.15) is 0 Å². The topological polar surface area (TPSA) is 114 Å². The number of ether oxygens (including phenoxy) is 2. The maximum Gasteiger partial charge on any atom is 0.309 e. The molecule has 216 valence electrons. The van der Waals surface area contributed by atoms with Gasteiger partial charge in [-0.05, 0) is 75.7 Å². The zero-order valence-corrected chi connectivity index (χ0v) is 24.4. The summed E-state index contributed by atoms with van der Waals surface area (Å²) in [6.07, 6.45) is 8.10. The molecule has 0 saturated heterocycles. The highest BCUT2D eigenvalue weighted by molar-refractivity contribution is 6.32. The molecule has 0 unspecified atom stereocenters. The Balaban J connectivity index is 1.46. The van der Waals surface area contributed by atoms with Crippen molar-refractivity contribution >= 4 is 29.4 Å². The molecule has 0 aliphatic heterocycles. The lowest BCUT2D eigenvalue weighted by atomic mass is 9.70. The first-order chi connectivity index (χ1) is 18.4. The Morgan fingerprint density at radius 1 is 1.03 bits per heavy atom. The quantitative estimate of drug-likeness (QED) is 0.361. The van der Waals surface area contributed by atoms with E-state index in [2.05, 4.69) is 24.5 Å². The average molecular weight is 563 g/mol. The molecule has 3 aliphatic carbocycles. The van der Waals surface area contributed by atoms with Gasteiger partial charge in [0.25, 0.3) is 5.91 Å². The van der Waals surface area contributed by atoms with Crippen molar-refractivity contribution in [2.75, 3.05) is 13.7 Å². The molecule has 39 heavy (non-hydrogen) atoms. The number of hydrogen-bond acceptors (Lipinski definition) is 5. The summed E-state index contributed by atoms with van der Waals surface area (Å²) >= 11 is 6.49. The van der Waals surface area contributed by atoms with Crippen LogP contribution in [0.1, 0.15) is 95.3 Å². The second-order valence-electron chi connectivity index (χ2n) is 12.6. The monoisotopic (exact) mass is 562 g/mol. The molecule has 2 amide bonds. The first kappa shape index (κ1) is 29.5. The Morgan fingerprint density at radius 2 is 1.72 bits per heavy atom. The number of carbonyl (C=O) groups is 3. The van der Waals surface area contributed by atoms with E-state index in [-0.39, 0.29) is 41.2 Å². The number of carboxylic acids is 1. The third-order valence-corrected chi connectivity index (χ3v) is 9.73. The van der Waals surface area contributed by atoms with Crippen molar-refractivity contribution in [2.45, 2.75) is 97.1 Å². The average Bonchev–Trinajstić information content (AvgIpc) is 2.88. The molecule has 3 N–H and O–H groups in total. The van der Waals surface area contributed by atoms with Gasteiger partial charge in [0, 0.05) is 18.7 Å². The second kappa shape index (κ2) is 11.9. The summed E-state index contributed by atoms with van der Waals surface area (Å²) < 4.78 is 11.7. The van der Waals surface area contributed by atoms with Gasteiger partial charge in [-0.15, -0.1) is 0 Å². The van der Waals surface area contributed by atoms with Crippen molar-refractivity contribution in [3.8, 4) is 11.5 Å². The number of methoxy groups -OCH3 is 1. The fraction of sp³-hybridized carbons (Fsp3) is 0.700. The number of nitrogens with one attached hydrogen (secondary N) is 2. The lowest BCUT2D eigenvalue weighted by molar-refractivity contribution is -0.150. The number of hydrogen-bond donors (Lipinski definition) is 3. The summed E-state index contributed by atoms with van der Waals surface area (Å²) in [6, 6.07) is 2.88. The minimum absolute atomic E-state index is 0.0124. The summed E-state index contributed by atoms with van der Waals surface area (Å²) in [5, 5.41) is 16.1. The summed E-state index contributed by atoms with van der Waals surface area (Å²) in [5.41, 5.74) is -0.267. The van der Waals surface area contributed by atoms with E-state index in [9.17, 15) is 19.5 Å². The van der Waals surface area contributed by atoms with Gasteiger partial charge in [0.2, 0.25) is 5.91 Å². The Kier molecular flexibility index (Phi) is 9.04. The third-order valence-electron chi connectivity index (χ3n) is 9.44. The minimum Gasteiger partial charge on any atom is -0.496 e. The minimum atomic E-state index is -0.788. The van der Waals surface area contributed by atoms with Gasteiger partial charge >= 0.3 is 5.97 Å². The van der Waals surface area contributed by atoms with Crippen molar-refractivity contribution < 1.29 is 29.0 Å². The van der Waals surface area contributed by atoms with Crippen LogP contribution in [0.4, 0.5) is 0 Å². The molecule has 9 heteroatoms. The largest absolute Gasteiger partial charge is 0.496 e. The van der Waals surface area contributed by atoms with Crippen LogP contribution in [-0.2, 0) is 9.59 Å². The Hall–Kier alpha value is -2.48. The van der Waals surface area contributed by atoms with E-state index in [4.69, 9.17) is 21.1 Å². The van der Waals surface area contributed by atoms with Crippen LogP contribution >= 0.6 is 11.6 Å². The molecule has 3 fully saturated rings. The molecule has 3 saturated carbocycles. The molecule has 3 aliphatic rings. The standard InChI is InChI=1S/C30H43ClN2O6/c1-18-7-5-8-22(25(18)27(35)32-17-29(2)11-6-12-29)33-26(34)20-15-24(21(31)16-23(20)38-4)39-19-9-13-30(3,14-10-19)28(36)37/h15-16,18-19,22,25H,5-14,17H2,1-4H3,(H,32,35)(H,33,34)(H,36,37)/t18-,19?,22-,25+,30?/m1/s1. The summed E-state index contributed by atoms with van der Waals surface area (Å²) in [5.74, 6) is -0.556. The van der Waals surface area contributed by atoms with Crippen LogP contribution in [0.2, 0.25) is 5.02 Å². The number of benzene rings is 1. The van der Waals surface area contributed by atoms with E-state index in [0.717, 1.165) is 32.1 Å². The Morgan fingerprint density at radius 3 is 2.31 bits per heavy atom. The number of rotatable bonds is 9. The first-order valence-corrected chi connectivity index (χ1v) is 14.7. The van der Waals surface area contributed by atoms with Crippen LogP contribution in [-0.4, -0.2) is 48.7 Å². The highest BCUT2D eigenvalue weighted by Gasteiger charge is 2.40. The summed E-state index contributed by atoms with van der Waals surface area (Å²) in [7, 11) is 1.48. The van der Waals surface area contributed by atoms with Crippen LogP contribution in [0.25, 0.3) is 0 Å². The van der Waals surface area contributed by atoms with Crippen LogP contribution in [0.3, 0.4) is 0 Å². The highest BCUT2D eigenvalue weighted by atomic mass is 35.5. The zero-order chi connectivity index (χ0) is 28.4. The van der Waals surface area contributed by atoms with Gasteiger partial charge in [0.05, 0.1) is 35.1 Å². The molecule has 0 heterocycles. The van der Waals surface area contributed by atoms with Crippen LogP contribution < -0.4 is 20.1 Å². The van der Waals surface area contributed by atoms with E-state index >= 15 is 0 Å². The number of halogens is 1. The van der Waals surface area contributed by atoms with Gasteiger partial charge in [-0.25, -0.2) is 0 Å². The summed E-state index contributed by atoms with van der Waals surface area (Å²) in [4.78, 5) is 38.4. The molecular formula is C30H43ClN2O6. The van der Waals surface area contributed by atoms with Crippen LogP contribution in [0.5, 0.6) is 11.5 Å². The number of amides is 2. The maximum atomic E-state index is 13.6. The lowest BCUT2D eigenvalue weighted by Gasteiger charge is -2.40. The predicted molar refractivity (Wildman–Crippen MR) is 149 cm³/mol. The number of carbonyl (C=O) groups excluding carboxylic acids is 2. The normalized spacial score (nSPS) is 30.0. The number of aliphatic carboxylic acids is 1.